The molecule has 3 atom stereocenters. The van der Waals surface area contributed by atoms with Crippen molar-refractivity contribution in [2.24, 2.45) is 0 Å². The Morgan fingerprint density at radius 2 is 0.983 bits per heavy atom. The Balaban J connectivity index is 4.45. The summed E-state index contributed by atoms with van der Waals surface area (Å²) >= 11 is 0. The molecule has 0 aliphatic carbocycles. The first-order chi connectivity index (χ1) is 28.5. The minimum Gasteiger partial charge on any atom is -0.387 e. The van der Waals surface area contributed by atoms with E-state index in [1.54, 1.807) is 6.08 Å². The summed E-state index contributed by atoms with van der Waals surface area (Å²) in [6, 6.07) is -0.877. The molecule has 0 fully saturated rings. The normalized spacial score (nSPS) is 14.8. The molecule has 9 heteroatoms. The Morgan fingerprint density at radius 3 is 1.49 bits per heavy atom. The van der Waals surface area contributed by atoms with Crippen molar-refractivity contribution < 1.29 is 32.9 Å². The Labute approximate surface area is 364 Å². The quantitative estimate of drug-likeness (QED) is 0.0186. The first kappa shape index (κ1) is 57.2. The lowest BCUT2D eigenvalue weighted by atomic mass is 10.0. The molecule has 0 heterocycles. The monoisotopic (exact) mass is 850 g/mol. The molecule has 3 N–H and O–H groups in total. The standard InChI is InChI=1S/C50H93N2O6P/c1-6-8-10-12-14-16-18-20-22-23-24-25-26-27-28-30-31-33-35-37-39-41-43-49(53)48(47-58-59(55,56)57-46-45-52(3,4)5)51-50(54)44-42-40-38-36-34-32-29-21-19-17-15-13-11-9-7-2/h15,17,19,21,27-28,33,35,41,43,48-49,53H,6-14,16,18,20,22-26,29-32,34,36-40,42,44-47H2,1-5H3,(H-,51,54,55,56)/p+1/b17-15-,21-19-,28-27+,35-33+,43-41+. The largest absolute Gasteiger partial charge is 0.472 e. The van der Waals surface area contributed by atoms with Crippen molar-refractivity contribution in [3.8, 4) is 0 Å². The van der Waals surface area contributed by atoms with E-state index in [2.05, 4.69) is 67.8 Å². The van der Waals surface area contributed by atoms with Crippen LogP contribution in [-0.2, 0) is 18.4 Å². The minimum atomic E-state index is -4.36. The van der Waals surface area contributed by atoms with Gasteiger partial charge in [0, 0.05) is 6.42 Å². The number of unbranched alkanes of at least 4 members (excludes halogenated alkanes) is 23. The molecule has 0 radical (unpaired) electrons. The van der Waals surface area contributed by atoms with Crippen LogP contribution in [0.5, 0.6) is 0 Å². The molecule has 0 rings (SSSR count). The number of rotatable bonds is 43. The smallest absolute Gasteiger partial charge is 0.387 e. The lowest BCUT2D eigenvalue weighted by Gasteiger charge is -2.25. The summed E-state index contributed by atoms with van der Waals surface area (Å²) in [5.41, 5.74) is 0. The first-order valence-electron chi connectivity index (χ1n) is 24.2. The van der Waals surface area contributed by atoms with Crippen molar-refractivity contribution in [2.75, 3.05) is 40.9 Å². The molecule has 0 aromatic carbocycles. The number of nitrogens with zero attached hydrogens (tertiary/aromatic N) is 1. The lowest BCUT2D eigenvalue weighted by Crippen LogP contribution is -2.45. The maximum atomic E-state index is 12.9. The summed E-state index contributed by atoms with van der Waals surface area (Å²) in [4.78, 5) is 23.1. The number of aliphatic hydroxyl groups is 1. The number of phosphoric ester groups is 1. The Morgan fingerprint density at radius 1 is 0.576 bits per heavy atom. The summed E-state index contributed by atoms with van der Waals surface area (Å²) in [5.74, 6) is -0.205. The van der Waals surface area contributed by atoms with Crippen LogP contribution in [0.2, 0.25) is 0 Å². The second-order valence-corrected chi connectivity index (χ2v) is 18.9. The molecule has 59 heavy (non-hydrogen) atoms. The third-order valence-electron chi connectivity index (χ3n) is 10.5. The maximum Gasteiger partial charge on any atom is 0.472 e. The highest BCUT2D eigenvalue weighted by molar-refractivity contribution is 7.47. The van der Waals surface area contributed by atoms with Crippen molar-refractivity contribution in [3.63, 3.8) is 0 Å². The summed E-state index contributed by atoms with van der Waals surface area (Å²) in [7, 11) is 1.53. The van der Waals surface area contributed by atoms with Gasteiger partial charge in [-0.1, -0.05) is 184 Å². The highest BCUT2D eigenvalue weighted by atomic mass is 31.2. The van der Waals surface area contributed by atoms with Gasteiger partial charge in [-0.05, 0) is 70.6 Å². The van der Waals surface area contributed by atoms with Gasteiger partial charge >= 0.3 is 7.82 Å². The molecule has 0 aliphatic heterocycles. The molecule has 0 spiro atoms. The molecule has 0 saturated carbocycles. The topological polar surface area (TPSA) is 105 Å². The van der Waals surface area contributed by atoms with E-state index in [-0.39, 0.29) is 19.1 Å². The number of carbonyl (C=O) groups excluding carboxylic acids is 1. The van der Waals surface area contributed by atoms with Crippen LogP contribution in [0.15, 0.2) is 60.8 Å². The second-order valence-electron chi connectivity index (χ2n) is 17.5. The minimum absolute atomic E-state index is 0.0489. The number of likely N-dealkylation sites (N-methyl/N-ethyl adjacent to an activating group) is 1. The van der Waals surface area contributed by atoms with Gasteiger partial charge in [-0.3, -0.25) is 13.8 Å². The lowest BCUT2D eigenvalue weighted by molar-refractivity contribution is -0.870. The Kier molecular flexibility index (Phi) is 40.3. The van der Waals surface area contributed by atoms with E-state index in [1.165, 1.54) is 116 Å². The second kappa shape index (κ2) is 41.5. The third kappa shape index (κ3) is 44.1. The van der Waals surface area contributed by atoms with E-state index in [0.29, 0.717) is 17.4 Å². The number of amides is 1. The van der Waals surface area contributed by atoms with Crippen LogP contribution < -0.4 is 5.32 Å². The van der Waals surface area contributed by atoms with Gasteiger partial charge in [-0.25, -0.2) is 4.57 Å². The predicted octanol–water partition coefficient (Wildman–Crippen LogP) is 13.8. The molecule has 1 amide bonds. The molecule has 0 aromatic rings. The van der Waals surface area contributed by atoms with E-state index in [9.17, 15) is 19.4 Å². The van der Waals surface area contributed by atoms with E-state index < -0.39 is 20.0 Å². The van der Waals surface area contributed by atoms with Gasteiger partial charge in [-0.15, -0.1) is 0 Å². The fourth-order valence-electron chi connectivity index (χ4n) is 6.59. The third-order valence-corrected chi connectivity index (χ3v) is 11.4. The van der Waals surface area contributed by atoms with Gasteiger partial charge in [0.15, 0.2) is 0 Å². The van der Waals surface area contributed by atoms with Gasteiger partial charge < -0.3 is 19.8 Å². The van der Waals surface area contributed by atoms with Crippen molar-refractivity contribution in [2.45, 2.75) is 212 Å². The van der Waals surface area contributed by atoms with Crippen LogP contribution in [0, 0.1) is 0 Å². The Hall–Kier alpha value is -1.80. The van der Waals surface area contributed by atoms with Crippen molar-refractivity contribution >= 4 is 13.7 Å². The van der Waals surface area contributed by atoms with Crippen LogP contribution in [0.3, 0.4) is 0 Å². The van der Waals surface area contributed by atoms with E-state index in [4.69, 9.17) is 9.05 Å². The number of hydrogen-bond donors (Lipinski definition) is 3. The zero-order valence-electron chi connectivity index (χ0n) is 39.0. The van der Waals surface area contributed by atoms with Crippen LogP contribution in [-0.4, -0.2) is 73.4 Å². The number of quaternary nitrogens is 1. The molecule has 344 valence electrons. The number of carbonyl (C=O) groups is 1. The fourth-order valence-corrected chi connectivity index (χ4v) is 7.33. The molecule has 8 nitrogen and oxygen atoms in total. The molecular formula is C50H94N2O6P+. The molecule has 0 aliphatic rings. The van der Waals surface area contributed by atoms with Crippen LogP contribution in [0.25, 0.3) is 0 Å². The zero-order chi connectivity index (χ0) is 43.6. The number of nitrogens with one attached hydrogen (secondary N) is 1. The summed E-state index contributed by atoms with van der Waals surface area (Å²) < 4.78 is 23.6. The summed E-state index contributed by atoms with van der Waals surface area (Å²) in [6.45, 7) is 4.74. The molecule has 3 unspecified atom stereocenters. The SMILES string of the molecule is CCCCC/C=C\C=C/CCCCCCCCC(=O)NC(COP(=O)(O)OCC[N+](C)(C)C)C(O)/C=C/CC/C=C/CC/C=C/CCCCCCCCCCCCCC. The first-order valence-corrected chi connectivity index (χ1v) is 25.7. The van der Waals surface area contributed by atoms with Crippen molar-refractivity contribution in [1.82, 2.24) is 5.32 Å². The molecule has 0 saturated heterocycles. The fraction of sp³-hybridized carbons (Fsp3) is 0.780. The highest BCUT2D eigenvalue weighted by Crippen LogP contribution is 2.43. The molecule has 0 bridgehead atoms. The van der Waals surface area contributed by atoms with Gasteiger partial charge in [0.1, 0.15) is 13.2 Å². The highest BCUT2D eigenvalue weighted by Gasteiger charge is 2.27. The predicted molar refractivity (Wildman–Crippen MR) is 254 cm³/mol. The van der Waals surface area contributed by atoms with Crippen molar-refractivity contribution in [1.29, 1.82) is 0 Å². The van der Waals surface area contributed by atoms with Crippen LogP contribution >= 0.6 is 7.82 Å². The maximum absolute atomic E-state index is 12.9. The average molecular weight is 850 g/mol. The van der Waals surface area contributed by atoms with E-state index in [1.807, 2.05) is 27.2 Å². The number of aliphatic hydroxyl groups excluding tert-OH is 1. The number of phosphoric acid groups is 1. The van der Waals surface area contributed by atoms with Gasteiger partial charge in [0.2, 0.25) is 5.91 Å². The zero-order valence-corrected chi connectivity index (χ0v) is 39.9. The van der Waals surface area contributed by atoms with Crippen LogP contribution in [0.1, 0.15) is 200 Å². The average Bonchev–Trinajstić information content (AvgIpc) is 3.19. The van der Waals surface area contributed by atoms with Gasteiger partial charge in [0.05, 0.1) is 39.9 Å². The molecule has 0 aromatic heterocycles. The molecular weight excluding hydrogens is 756 g/mol. The van der Waals surface area contributed by atoms with E-state index in [0.717, 1.165) is 64.2 Å². The number of hydrogen-bond acceptors (Lipinski definition) is 5. The van der Waals surface area contributed by atoms with E-state index >= 15 is 0 Å². The van der Waals surface area contributed by atoms with Crippen molar-refractivity contribution in [3.05, 3.63) is 60.8 Å². The van der Waals surface area contributed by atoms with Crippen LogP contribution in [0.4, 0.5) is 0 Å². The Bertz CT molecular complexity index is 1140. The van der Waals surface area contributed by atoms with Gasteiger partial charge in [-0.2, -0.15) is 0 Å². The number of allylic oxidation sites excluding steroid dienone is 9. The van der Waals surface area contributed by atoms with Gasteiger partial charge in [0.25, 0.3) is 0 Å². The summed E-state index contributed by atoms with van der Waals surface area (Å²) in [6.07, 6.45) is 54.4. The summed E-state index contributed by atoms with van der Waals surface area (Å²) in [5, 5.41) is 13.8.